The number of amides is 1. The van der Waals surface area contributed by atoms with Crippen LogP contribution in [-0.4, -0.2) is 30.3 Å². The molecule has 0 bridgehead atoms. The van der Waals surface area contributed by atoms with Crippen LogP contribution in [0.15, 0.2) is 24.3 Å². The minimum Gasteiger partial charge on any atom is -0.496 e. The molecule has 22 heavy (non-hydrogen) atoms. The highest BCUT2D eigenvalue weighted by atomic mass is 16.5. The first-order valence-electron chi connectivity index (χ1n) is 8.01. The summed E-state index contributed by atoms with van der Waals surface area (Å²) in [5.41, 5.74) is 1.03. The second kappa shape index (κ2) is 8.79. The molecule has 0 aliphatic heterocycles. The van der Waals surface area contributed by atoms with Gasteiger partial charge in [0.15, 0.2) is 0 Å². The topological polar surface area (TPSA) is 58.6 Å². The van der Waals surface area contributed by atoms with E-state index in [9.17, 15) is 9.90 Å². The molecule has 124 valence electrons. The lowest BCUT2D eigenvalue weighted by atomic mass is 9.94. The number of aliphatic hydroxyl groups excluding tert-OH is 1. The third-order valence-corrected chi connectivity index (χ3v) is 4.04. The number of methoxy groups -OCH3 is 1. The number of ether oxygens (including phenoxy) is 1. The molecule has 4 nitrogen and oxygen atoms in total. The Bertz CT molecular complexity index is 473. The Morgan fingerprint density at radius 3 is 2.45 bits per heavy atom. The summed E-state index contributed by atoms with van der Waals surface area (Å²) >= 11 is 0. The summed E-state index contributed by atoms with van der Waals surface area (Å²) in [6.45, 7) is 7.89. The molecule has 0 aliphatic carbocycles. The van der Waals surface area contributed by atoms with Gasteiger partial charge in [-0.1, -0.05) is 45.9 Å². The van der Waals surface area contributed by atoms with Gasteiger partial charge >= 0.3 is 0 Å². The number of hydrogen-bond acceptors (Lipinski definition) is 3. The molecule has 0 saturated carbocycles. The van der Waals surface area contributed by atoms with E-state index in [4.69, 9.17) is 4.74 Å². The minimum absolute atomic E-state index is 0.0371. The van der Waals surface area contributed by atoms with Crippen LogP contribution < -0.4 is 10.1 Å². The number of benzene rings is 1. The standard InChI is InChI=1S/C18H29NO3/c1-6-15(18(21)12(2)3)19-17(20)11-13(4)14-9-7-8-10-16(14)22-5/h7-10,12-13,15,18,21H,6,11H2,1-5H3,(H,19,20)/t13-,15+,18-/m1/s1. The van der Waals surface area contributed by atoms with Gasteiger partial charge in [0.05, 0.1) is 19.3 Å². The van der Waals surface area contributed by atoms with Crippen LogP contribution in [0.5, 0.6) is 5.75 Å². The normalized spacial score (nSPS) is 15.2. The molecule has 0 fully saturated rings. The van der Waals surface area contributed by atoms with Gasteiger partial charge in [-0.05, 0) is 29.9 Å². The maximum atomic E-state index is 12.3. The third-order valence-electron chi connectivity index (χ3n) is 4.04. The lowest BCUT2D eigenvalue weighted by Crippen LogP contribution is -2.45. The highest BCUT2D eigenvalue weighted by Crippen LogP contribution is 2.28. The molecular formula is C18H29NO3. The summed E-state index contributed by atoms with van der Waals surface area (Å²) in [6.07, 6.45) is 0.575. The lowest BCUT2D eigenvalue weighted by Gasteiger charge is -2.26. The minimum atomic E-state index is -0.518. The summed E-state index contributed by atoms with van der Waals surface area (Å²) in [7, 11) is 1.64. The number of nitrogens with one attached hydrogen (secondary N) is 1. The van der Waals surface area contributed by atoms with Crippen molar-refractivity contribution in [2.75, 3.05) is 7.11 Å². The van der Waals surface area contributed by atoms with Crippen LogP contribution in [0.25, 0.3) is 0 Å². The molecule has 4 heteroatoms. The van der Waals surface area contributed by atoms with Crippen molar-refractivity contribution in [3.8, 4) is 5.75 Å². The van der Waals surface area contributed by atoms with E-state index < -0.39 is 6.10 Å². The fourth-order valence-electron chi connectivity index (χ4n) is 2.62. The molecule has 0 saturated heterocycles. The van der Waals surface area contributed by atoms with Crippen molar-refractivity contribution in [1.82, 2.24) is 5.32 Å². The van der Waals surface area contributed by atoms with Crippen molar-refractivity contribution in [3.05, 3.63) is 29.8 Å². The van der Waals surface area contributed by atoms with Gasteiger partial charge in [0.25, 0.3) is 0 Å². The predicted molar refractivity (Wildman–Crippen MR) is 89.1 cm³/mol. The maximum Gasteiger partial charge on any atom is 0.220 e. The predicted octanol–water partition coefficient (Wildman–Crippen LogP) is 3.10. The summed E-state index contributed by atoms with van der Waals surface area (Å²) in [5, 5.41) is 13.1. The zero-order chi connectivity index (χ0) is 16.7. The van der Waals surface area contributed by atoms with Crippen molar-refractivity contribution in [3.63, 3.8) is 0 Å². The molecule has 1 rings (SSSR count). The van der Waals surface area contributed by atoms with E-state index in [-0.39, 0.29) is 23.8 Å². The van der Waals surface area contributed by atoms with E-state index >= 15 is 0 Å². The summed E-state index contributed by atoms with van der Waals surface area (Å²) in [6, 6.07) is 7.56. The van der Waals surface area contributed by atoms with E-state index in [2.05, 4.69) is 5.32 Å². The van der Waals surface area contributed by atoms with Gasteiger partial charge in [0.2, 0.25) is 5.91 Å². The van der Waals surface area contributed by atoms with Gasteiger partial charge < -0.3 is 15.2 Å². The Kier molecular flexibility index (Phi) is 7.39. The zero-order valence-electron chi connectivity index (χ0n) is 14.3. The number of aliphatic hydroxyl groups is 1. The highest BCUT2D eigenvalue weighted by Gasteiger charge is 2.23. The molecule has 0 heterocycles. The van der Waals surface area contributed by atoms with E-state index in [1.165, 1.54) is 0 Å². The molecule has 1 aromatic rings. The van der Waals surface area contributed by atoms with Gasteiger partial charge in [-0.15, -0.1) is 0 Å². The second-order valence-corrected chi connectivity index (χ2v) is 6.16. The first kappa shape index (κ1) is 18.5. The Morgan fingerprint density at radius 2 is 1.91 bits per heavy atom. The maximum absolute atomic E-state index is 12.3. The molecule has 1 amide bonds. The molecule has 0 unspecified atom stereocenters. The summed E-state index contributed by atoms with van der Waals surface area (Å²) < 4.78 is 5.35. The average Bonchev–Trinajstić information content (AvgIpc) is 2.51. The van der Waals surface area contributed by atoms with E-state index in [0.29, 0.717) is 12.8 Å². The average molecular weight is 307 g/mol. The van der Waals surface area contributed by atoms with Gasteiger partial charge in [-0.25, -0.2) is 0 Å². The van der Waals surface area contributed by atoms with E-state index in [1.807, 2.05) is 52.0 Å². The van der Waals surface area contributed by atoms with Crippen molar-refractivity contribution >= 4 is 5.91 Å². The van der Waals surface area contributed by atoms with Crippen LogP contribution in [0.1, 0.15) is 52.0 Å². The zero-order valence-corrected chi connectivity index (χ0v) is 14.3. The third kappa shape index (κ3) is 5.02. The fraction of sp³-hybridized carbons (Fsp3) is 0.611. The SMILES string of the molecule is CC[C@H](NC(=O)C[C@@H](C)c1ccccc1OC)[C@H](O)C(C)C. The molecule has 0 aliphatic rings. The molecular weight excluding hydrogens is 278 g/mol. The van der Waals surface area contributed by atoms with E-state index in [0.717, 1.165) is 11.3 Å². The monoisotopic (exact) mass is 307 g/mol. The molecule has 0 radical (unpaired) electrons. The smallest absolute Gasteiger partial charge is 0.220 e. The number of rotatable bonds is 8. The van der Waals surface area contributed by atoms with Crippen molar-refractivity contribution in [2.45, 2.75) is 58.6 Å². The summed E-state index contributed by atoms with van der Waals surface area (Å²) in [5.74, 6) is 0.948. The van der Waals surface area contributed by atoms with Crippen LogP contribution in [0, 0.1) is 5.92 Å². The molecule has 1 aromatic carbocycles. The summed E-state index contributed by atoms with van der Waals surface area (Å²) in [4.78, 5) is 12.3. The van der Waals surface area contributed by atoms with Crippen LogP contribution in [0.3, 0.4) is 0 Å². The Hall–Kier alpha value is -1.55. The number of carbonyl (C=O) groups is 1. The molecule has 2 N–H and O–H groups in total. The second-order valence-electron chi connectivity index (χ2n) is 6.16. The molecule has 0 aromatic heterocycles. The number of carbonyl (C=O) groups excluding carboxylic acids is 1. The Labute approximate surface area is 133 Å². The van der Waals surface area contributed by atoms with Crippen LogP contribution in [0.4, 0.5) is 0 Å². The molecule has 3 atom stereocenters. The number of hydrogen-bond donors (Lipinski definition) is 2. The van der Waals surface area contributed by atoms with Gasteiger partial charge in [-0.3, -0.25) is 4.79 Å². The van der Waals surface area contributed by atoms with Gasteiger partial charge in [0.1, 0.15) is 5.75 Å². The largest absolute Gasteiger partial charge is 0.496 e. The fourth-order valence-corrected chi connectivity index (χ4v) is 2.62. The Balaban J connectivity index is 2.67. The van der Waals surface area contributed by atoms with Crippen molar-refractivity contribution < 1.29 is 14.6 Å². The van der Waals surface area contributed by atoms with Crippen molar-refractivity contribution in [1.29, 1.82) is 0 Å². The van der Waals surface area contributed by atoms with E-state index in [1.54, 1.807) is 7.11 Å². The van der Waals surface area contributed by atoms with Gasteiger partial charge in [0, 0.05) is 6.42 Å². The van der Waals surface area contributed by atoms with Gasteiger partial charge in [-0.2, -0.15) is 0 Å². The van der Waals surface area contributed by atoms with Crippen molar-refractivity contribution in [2.24, 2.45) is 5.92 Å². The Morgan fingerprint density at radius 1 is 1.27 bits per heavy atom. The van der Waals surface area contributed by atoms with Crippen LogP contribution in [-0.2, 0) is 4.79 Å². The lowest BCUT2D eigenvalue weighted by molar-refractivity contribution is -0.123. The first-order chi connectivity index (χ1) is 10.4. The first-order valence-corrected chi connectivity index (χ1v) is 8.01. The van der Waals surface area contributed by atoms with Crippen LogP contribution in [0.2, 0.25) is 0 Å². The number of para-hydroxylation sites is 1. The quantitative estimate of drug-likeness (QED) is 0.776. The highest BCUT2D eigenvalue weighted by molar-refractivity contribution is 5.77. The van der Waals surface area contributed by atoms with Crippen LogP contribution >= 0.6 is 0 Å². The molecule has 0 spiro atoms.